The van der Waals surface area contributed by atoms with Gasteiger partial charge in [0.15, 0.2) is 5.78 Å². The molecule has 0 amide bonds. The van der Waals surface area contributed by atoms with E-state index in [-0.39, 0.29) is 36.3 Å². The van der Waals surface area contributed by atoms with E-state index in [9.17, 15) is 13.2 Å². The zero-order valence-electron chi connectivity index (χ0n) is 9.61. The van der Waals surface area contributed by atoms with E-state index in [1.165, 1.54) is 13.8 Å². The quantitative estimate of drug-likeness (QED) is 0.404. The van der Waals surface area contributed by atoms with E-state index in [4.69, 9.17) is 23.2 Å². The molecular weight excluding hydrogens is 289 g/mol. The molecule has 0 aliphatic carbocycles. The molecule has 0 saturated carbocycles. The van der Waals surface area contributed by atoms with Crippen LogP contribution in [0.4, 0.5) is 0 Å². The van der Waals surface area contributed by atoms with Gasteiger partial charge in [0.1, 0.15) is 5.71 Å². The summed E-state index contributed by atoms with van der Waals surface area (Å²) >= 11 is 11.0. The smallest absolute Gasteiger partial charge is 0.293 e. The number of nitrogens with one attached hydrogen (secondary N) is 1. The van der Waals surface area contributed by atoms with Crippen LogP contribution in [0.5, 0.6) is 0 Å². The van der Waals surface area contributed by atoms with Gasteiger partial charge in [-0.05, 0) is 6.92 Å². The summed E-state index contributed by atoms with van der Waals surface area (Å²) in [6.45, 7) is 2.96. The fraction of sp³-hybridized carbons (Fsp3) is 0.750. The number of nitrogens with zero attached hydrogens (tertiary/aromatic N) is 2. The average molecular weight is 304 g/mol. The lowest BCUT2D eigenvalue weighted by atomic mass is 10.3. The van der Waals surface area contributed by atoms with Crippen molar-refractivity contribution < 1.29 is 13.2 Å². The zero-order chi connectivity index (χ0) is 13.5. The Bertz CT molecular complexity index is 377. The number of ketones is 1. The van der Waals surface area contributed by atoms with Gasteiger partial charge in [0.05, 0.1) is 0 Å². The Balaban J connectivity index is 4.74. The lowest BCUT2D eigenvalue weighted by Crippen LogP contribution is -2.41. The first kappa shape index (κ1) is 16.6. The Hall–Kier alpha value is -0.370. The topological polar surface area (TPSA) is 78.8 Å². The van der Waals surface area contributed by atoms with Crippen LogP contribution in [0.3, 0.4) is 0 Å². The molecule has 0 aliphatic heterocycles. The Morgan fingerprint density at radius 1 is 1.24 bits per heavy atom. The number of hydrazone groups is 1. The van der Waals surface area contributed by atoms with Crippen molar-refractivity contribution in [3.8, 4) is 0 Å². The lowest BCUT2D eigenvalue weighted by molar-refractivity contribution is -0.111. The molecule has 0 heterocycles. The number of halogens is 2. The molecule has 9 heteroatoms. The van der Waals surface area contributed by atoms with Gasteiger partial charge in [-0.2, -0.15) is 22.7 Å². The summed E-state index contributed by atoms with van der Waals surface area (Å²) in [5.74, 6) is -0.0191. The van der Waals surface area contributed by atoms with E-state index < -0.39 is 10.2 Å². The van der Waals surface area contributed by atoms with Crippen LogP contribution in [0.15, 0.2) is 5.10 Å². The molecule has 17 heavy (non-hydrogen) atoms. The van der Waals surface area contributed by atoms with E-state index in [1.807, 2.05) is 4.83 Å². The summed E-state index contributed by atoms with van der Waals surface area (Å²) < 4.78 is 24.5. The van der Waals surface area contributed by atoms with E-state index in [1.54, 1.807) is 0 Å². The van der Waals surface area contributed by atoms with E-state index in [0.29, 0.717) is 0 Å². The molecule has 0 unspecified atom stereocenters. The first-order chi connectivity index (χ1) is 7.85. The Kier molecular flexibility index (Phi) is 7.69. The summed E-state index contributed by atoms with van der Waals surface area (Å²) in [5.41, 5.74) is 0.0743. The third-order valence-electron chi connectivity index (χ3n) is 1.85. The highest BCUT2D eigenvalue weighted by Crippen LogP contribution is 2.00. The van der Waals surface area contributed by atoms with E-state index in [2.05, 4.69) is 5.10 Å². The fourth-order valence-corrected chi connectivity index (χ4v) is 2.44. The lowest BCUT2D eigenvalue weighted by Gasteiger charge is -2.18. The Labute approximate surface area is 111 Å². The first-order valence-electron chi connectivity index (χ1n) is 4.79. The number of hydrogen-bond acceptors (Lipinski definition) is 4. The van der Waals surface area contributed by atoms with Gasteiger partial charge in [0.25, 0.3) is 0 Å². The highest BCUT2D eigenvalue weighted by molar-refractivity contribution is 7.87. The molecule has 100 valence electrons. The average Bonchev–Trinajstić information content (AvgIpc) is 2.25. The Morgan fingerprint density at radius 2 is 1.71 bits per heavy atom. The molecule has 0 radical (unpaired) electrons. The van der Waals surface area contributed by atoms with Gasteiger partial charge in [-0.1, -0.05) is 0 Å². The standard InChI is InChI=1S/C8H15Cl2N3O3S/c1-7(8(2)14)11-12-17(15,16)13(5-3-9)6-4-10/h12H,3-6H2,1-2H3/b11-7+. The van der Waals surface area contributed by atoms with Crippen LogP contribution < -0.4 is 4.83 Å². The molecule has 0 atom stereocenters. The molecule has 0 aliphatic rings. The van der Waals surface area contributed by atoms with Gasteiger partial charge >= 0.3 is 10.2 Å². The molecule has 0 aromatic carbocycles. The monoisotopic (exact) mass is 303 g/mol. The number of hydrogen-bond donors (Lipinski definition) is 1. The number of Topliss-reactive ketones (excluding diaryl/α,β-unsaturated/α-hetero) is 1. The van der Waals surface area contributed by atoms with Crippen LogP contribution in [0.25, 0.3) is 0 Å². The normalized spacial score (nSPS) is 12.9. The SMILES string of the molecule is CC(=O)/C(C)=N/NS(=O)(=O)N(CCCl)CCCl. The van der Waals surface area contributed by atoms with Gasteiger partial charge in [-0.15, -0.1) is 23.2 Å². The second kappa shape index (κ2) is 7.86. The summed E-state index contributed by atoms with van der Waals surface area (Å²) in [7, 11) is -3.80. The largest absolute Gasteiger partial charge is 0.316 e. The molecule has 0 aromatic rings. The summed E-state index contributed by atoms with van der Waals surface area (Å²) in [6.07, 6.45) is 0. The molecule has 0 fully saturated rings. The maximum atomic E-state index is 11.7. The van der Waals surface area contributed by atoms with E-state index >= 15 is 0 Å². The number of rotatable bonds is 8. The van der Waals surface area contributed by atoms with Crippen molar-refractivity contribution in [2.75, 3.05) is 24.8 Å². The van der Waals surface area contributed by atoms with Crippen molar-refractivity contribution in [2.24, 2.45) is 5.10 Å². The molecule has 0 bridgehead atoms. The summed E-state index contributed by atoms with van der Waals surface area (Å²) in [5, 5.41) is 3.48. The van der Waals surface area contributed by atoms with Crippen molar-refractivity contribution in [3.05, 3.63) is 0 Å². The molecule has 0 aromatic heterocycles. The second-order valence-corrected chi connectivity index (χ2v) is 5.53. The maximum absolute atomic E-state index is 11.7. The molecule has 1 N–H and O–H groups in total. The first-order valence-corrected chi connectivity index (χ1v) is 7.30. The predicted molar refractivity (Wildman–Crippen MR) is 68.9 cm³/mol. The van der Waals surface area contributed by atoms with Crippen LogP contribution in [0.2, 0.25) is 0 Å². The van der Waals surface area contributed by atoms with E-state index in [0.717, 1.165) is 4.31 Å². The minimum absolute atomic E-state index is 0.0743. The van der Waals surface area contributed by atoms with Gasteiger partial charge in [0, 0.05) is 31.8 Å². The van der Waals surface area contributed by atoms with Crippen LogP contribution >= 0.6 is 23.2 Å². The van der Waals surface area contributed by atoms with Crippen LogP contribution in [-0.4, -0.2) is 49.1 Å². The van der Waals surface area contributed by atoms with Gasteiger partial charge in [-0.25, -0.2) is 0 Å². The number of alkyl halides is 2. The molecule has 0 spiro atoms. The minimum Gasteiger partial charge on any atom is -0.293 e. The third-order valence-corrected chi connectivity index (χ3v) is 3.55. The van der Waals surface area contributed by atoms with Crippen molar-refractivity contribution in [1.29, 1.82) is 0 Å². The van der Waals surface area contributed by atoms with Gasteiger partial charge < -0.3 is 0 Å². The van der Waals surface area contributed by atoms with Crippen molar-refractivity contribution >= 4 is 44.9 Å². The maximum Gasteiger partial charge on any atom is 0.316 e. The highest BCUT2D eigenvalue weighted by atomic mass is 35.5. The number of carbonyl (C=O) groups excluding carboxylic acids is 1. The van der Waals surface area contributed by atoms with Crippen LogP contribution in [0.1, 0.15) is 13.8 Å². The summed E-state index contributed by atoms with van der Waals surface area (Å²) in [6, 6.07) is 0. The van der Waals surface area contributed by atoms with Crippen molar-refractivity contribution in [2.45, 2.75) is 13.8 Å². The molecular formula is C8H15Cl2N3O3S. The fourth-order valence-electron chi connectivity index (χ4n) is 0.803. The third kappa shape index (κ3) is 6.21. The minimum atomic E-state index is -3.80. The summed E-state index contributed by atoms with van der Waals surface area (Å²) in [4.78, 5) is 12.8. The van der Waals surface area contributed by atoms with Crippen molar-refractivity contribution in [3.63, 3.8) is 0 Å². The molecule has 6 nitrogen and oxygen atoms in total. The van der Waals surface area contributed by atoms with Gasteiger partial charge in [-0.3, -0.25) is 4.79 Å². The van der Waals surface area contributed by atoms with Crippen molar-refractivity contribution in [1.82, 2.24) is 9.14 Å². The highest BCUT2D eigenvalue weighted by Gasteiger charge is 2.20. The predicted octanol–water partition coefficient (Wildman–Crippen LogP) is 0.565. The number of carbonyl (C=O) groups is 1. The molecule has 0 rings (SSSR count). The second-order valence-electron chi connectivity index (χ2n) is 3.13. The molecule has 0 saturated heterocycles. The van der Waals surface area contributed by atoms with Crippen LogP contribution in [-0.2, 0) is 15.0 Å². The zero-order valence-corrected chi connectivity index (χ0v) is 11.9. The Morgan fingerprint density at radius 3 is 2.06 bits per heavy atom. The van der Waals surface area contributed by atoms with Gasteiger partial charge in [0.2, 0.25) is 0 Å². The van der Waals surface area contributed by atoms with Crippen LogP contribution in [0, 0.1) is 0 Å².